The lowest BCUT2D eigenvalue weighted by Gasteiger charge is -2.08. The normalized spacial score (nSPS) is 10.8. The van der Waals surface area contributed by atoms with E-state index >= 15 is 0 Å². The van der Waals surface area contributed by atoms with E-state index in [2.05, 4.69) is 15.0 Å². The molecule has 0 aliphatic rings. The van der Waals surface area contributed by atoms with Crippen LogP contribution in [0.5, 0.6) is 11.5 Å². The van der Waals surface area contributed by atoms with E-state index in [0.717, 1.165) is 28.3 Å². The number of methoxy groups -OCH3 is 2. The minimum atomic E-state index is 0.699. The summed E-state index contributed by atoms with van der Waals surface area (Å²) in [7, 11) is 3.27. The Morgan fingerprint density at radius 1 is 1.00 bits per heavy atom. The van der Waals surface area contributed by atoms with Gasteiger partial charge in [-0.1, -0.05) is 0 Å². The molecule has 2 heterocycles. The molecule has 0 amide bonds. The second-order valence-corrected chi connectivity index (χ2v) is 4.48. The van der Waals surface area contributed by atoms with Crippen LogP contribution in [0.4, 0.5) is 0 Å². The number of pyridine rings is 1. The summed E-state index contributed by atoms with van der Waals surface area (Å²) in [6, 6.07) is 9.53. The number of aromatic amines is 1. The number of rotatable bonds is 3. The Morgan fingerprint density at radius 3 is 2.60 bits per heavy atom. The van der Waals surface area contributed by atoms with Gasteiger partial charge in [-0.05, 0) is 37.3 Å². The number of nitrogens with zero attached hydrogens (tertiary/aromatic N) is 2. The SMILES string of the molecule is COc1ccc(OC)c(-c2nc3nc(C)ccc3[nH]2)c1. The van der Waals surface area contributed by atoms with Gasteiger partial charge in [0.15, 0.2) is 5.65 Å². The van der Waals surface area contributed by atoms with E-state index in [1.807, 2.05) is 37.3 Å². The molecule has 0 fully saturated rings. The predicted octanol–water partition coefficient (Wildman–Crippen LogP) is 2.95. The molecular weight excluding hydrogens is 254 g/mol. The average Bonchev–Trinajstić information content (AvgIpc) is 2.89. The fourth-order valence-corrected chi connectivity index (χ4v) is 2.11. The molecule has 102 valence electrons. The zero-order valence-electron chi connectivity index (χ0n) is 11.6. The van der Waals surface area contributed by atoms with Crippen LogP contribution in [-0.2, 0) is 0 Å². The molecular formula is C15H15N3O2. The average molecular weight is 269 g/mol. The lowest BCUT2D eigenvalue weighted by Crippen LogP contribution is -1.91. The third-order valence-corrected chi connectivity index (χ3v) is 3.15. The molecule has 0 spiro atoms. The van der Waals surface area contributed by atoms with Crippen molar-refractivity contribution in [3.63, 3.8) is 0 Å². The molecule has 5 nitrogen and oxygen atoms in total. The summed E-state index contributed by atoms with van der Waals surface area (Å²) in [5.74, 6) is 2.21. The van der Waals surface area contributed by atoms with Crippen LogP contribution < -0.4 is 9.47 Å². The maximum Gasteiger partial charge on any atom is 0.178 e. The van der Waals surface area contributed by atoms with Gasteiger partial charge in [0, 0.05) is 5.69 Å². The van der Waals surface area contributed by atoms with Crippen molar-refractivity contribution in [2.45, 2.75) is 6.92 Å². The van der Waals surface area contributed by atoms with E-state index in [0.29, 0.717) is 11.5 Å². The molecule has 0 unspecified atom stereocenters. The zero-order chi connectivity index (χ0) is 14.1. The van der Waals surface area contributed by atoms with Crippen LogP contribution in [0.15, 0.2) is 30.3 Å². The van der Waals surface area contributed by atoms with Gasteiger partial charge in [0.1, 0.15) is 17.3 Å². The third-order valence-electron chi connectivity index (χ3n) is 3.15. The van der Waals surface area contributed by atoms with E-state index in [9.17, 15) is 0 Å². The van der Waals surface area contributed by atoms with Crippen molar-refractivity contribution < 1.29 is 9.47 Å². The first kappa shape index (κ1) is 12.5. The Hall–Kier alpha value is -2.56. The molecule has 0 atom stereocenters. The first-order valence-corrected chi connectivity index (χ1v) is 6.27. The van der Waals surface area contributed by atoms with E-state index in [1.54, 1.807) is 14.2 Å². The molecule has 1 N–H and O–H groups in total. The van der Waals surface area contributed by atoms with Crippen LogP contribution in [0.25, 0.3) is 22.6 Å². The number of hydrogen-bond acceptors (Lipinski definition) is 4. The molecule has 3 rings (SSSR count). The van der Waals surface area contributed by atoms with Crippen LogP contribution in [0.1, 0.15) is 5.69 Å². The molecule has 0 aliphatic carbocycles. The molecule has 3 aromatic rings. The lowest BCUT2D eigenvalue weighted by atomic mass is 10.2. The van der Waals surface area contributed by atoms with Crippen molar-refractivity contribution in [3.8, 4) is 22.9 Å². The first-order valence-electron chi connectivity index (χ1n) is 6.27. The number of ether oxygens (including phenoxy) is 2. The number of imidazole rings is 1. The quantitative estimate of drug-likeness (QED) is 0.794. The van der Waals surface area contributed by atoms with Gasteiger partial charge in [0.05, 0.1) is 25.3 Å². The predicted molar refractivity (Wildman–Crippen MR) is 77.2 cm³/mol. The number of benzene rings is 1. The molecule has 0 saturated heterocycles. The van der Waals surface area contributed by atoms with Gasteiger partial charge in [0.2, 0.25) is 0 Å². The maximum absolute atomic E-state index is 5.38. The number of nitrogens with one attached hydrogen (secondary N) is 1. The lowest BCUT2D eigenvalue weighted by molar-refractivity contribution is 0.404. The van der Waals surface area contributed by atoms with E-state index in [-0.39, 0.29) is 0 Å². The third kappa shape index (κ3) is 2.07. The van der Waals surface area contributed by atoms with E-state index in [4.69, 9.17) is 9.47 Å². The second-order valence-electron chi connectivity index (χ2n) is 4.48. The molecule has 2 aromatic heterocycles. The van der Waals surface area contributed by atoms with Gasteiger partial charge < -0.3 is 14.5 Å². The van der Waals surface area contributed by atoms with Crippen molar-refractivity contribution in [1.29, 1.82) is 0 Å². The molecule has 0 radical (unpaired) electrons. The Kier molecular flexibility index (Phi) is 3.02. The minimum absolute atomic E-state index is 0.699. The molecule has 0 aliphatic heterocycles. The van der Waals surface area contributed by atoms with Crippen LogP contribution >= 0.6 is 0 Å². The number of hydrogen-bond donors (Lipinski definition) is 1. The molecule has 0 saturated carbocycles. The summed E-state index contributed by atoms with van der Waals surface area (Å²) in [4.78, 5) is 12.2. The fourth-order valence-electron chi connectivity index (χ4n) is 2.11. The molecule has 5 heteroatoms. The van der Waals surface area contributed by atoms with Crippen molar-refractivity contribution in [2.75, 3.05) is 14.2 Å². The minimum Gasteiger partial charge on any atom is -0.497 e. The zero-order valence-corrected chi connectivity index (χ0v) is 11.6. The summed E-state index contributed by atoms with van der Waals surface area (Å²) in [5, 5.41) is 0. The highest BCUT2D eigenvalue weighted by Gasteiger charge is 2.12. The topological polar surface area (TPSA) is 60.0 Å². The summed E-state index contributed by atoms with van der Waals surface area (Å²) in [6.45, 7) is 1.94. The van der Waals surface area contributed by atoms with Gasteiger partial charge in [-0.3, -0.25) is 0 Å². The highest BCUT2D eigenvalue weighted by atomic mass is 16.5. The highest BCUT2D eigenvalue weighted by molar-refractivity contribution is 5.78. The highest BCUT2D eigenvalue weighted by Crippen LogP contribution is 2.32. The molecule has 20 heavy (non-hydrogen) atoms. The summed E-state index contributed by atoms with van der Waals surface area (Å²) in [6.07, 6.45) is 0. The maximum atomic E-state index is 5.38. The Bertz CT molecular complexity index is 765. The number of aromatic nitrogens is 3. The number of fused-ring (bicyclic) bond motifs is 1. The second kappa shape index (κ2) is 4.85. The van der Waals surface area contributed by atoms with E-state index < -0.39 is 0 Å². The van der Waals surface area contributed by atoms with E-state index in [1.165, 1.54) is 0 Å². The molecule has 1 aromatic carbocycles. The van der Waals surface area contributed by atoms with Crippen LogP contribution in [0, 0.1) is 6.92 Å². The van der Waals surface area contributed by atoms with Crippen LogP contribution in [0.3, 0.4) is 0 Å². The van der Waals surface area contributed by atoms with Crippen LogP contribution in [0.2, 0.25) is 0 Å². The van der Waals surface area contributed by atoms with Gasteiger partial charge in [-0.2, -0.15) is 0 Å². The van der Waals surface area contributed by atoms with Crippen molar-refractivity contribution in [1.82, 2.24) is 15.0 Å². The monoisotopic (exact) mass is 269 g/mol. The van der Waals surface area contributed by atoms with Gasteiger partial charge in [-0.15, -0.1) is 0 Å². The summed E-state index contributed by atoms with van der Waals surface area (Å²) in [5.41, 5.74) is 3.39. The van der Waals surface area contributed by atoms with Crippen molar-refractivity contribution in [2.24, 2.45) is 0 Å². The standard InChI is InChI=1S/C15H15N3O2/c1-9-4-6-12-15(16-9)18-14(17-12)11-8-10(19-2)5-7-13(11)20-3/h4-8H,1-3H3,(H,16,17,18). The molecule has 0 bridgehead atoms. The fraction of sp³-hybridized carbons (Fsp3) is 0.200. The summed E-state index contributed by atoms with van der Waals surface area (Å²) < 4.78 is 10.6. The van der Waals surface area contributed by atoms with Gasteiger partial charge in [0.25, 0.3) is 0 Å². The van der Waals surface area contributed by atoms with Crippen molar-refractivity contribution in [3.05, 3.63) is 36.0 Å². The summed E-state index contributed by atoms with van der Waals surface area (Å²) >= 11 is 0. The Morgan fingerprint density at radius 2 is 1.85 bits per heavy atom. The van der Waals surface area contributed by atoms with Gasteiger partial charge >= 0.3 is 0 Å². The Labute approximate surface area is 116 Å². The van der Waals surface area contributed by atoms with Gasteiger partial charge in [-0.25, -0.2) is 9.97 Å². The largest absolute Gasteiger partial charge is 0.497 e. The van der Waals surface area contributed by atoms with Crippen LogP contribution in [-0.4, -0.2) is 29.2 Å². The Balaban J connectivity index is 2.18. The number of H-pyrrole nitrogens is 1. The number of aryl methyl sites for hydroxylation is 1. The smallest absolute Gasteiger partial charge is 0.178 e. The van der Waals surface area contributed by atoms with Crippen molar-refractivity contribution >= 4 is 11.2 Å². The first-order chi connectivity index (χ1) is 9.71.